The van der Waals surface area contributed by atoms with Crippen LogP contribution in [0, 0.1) is 0 Å². The number of hydrogen-bond acceptors (Lipinski definition) is 6. The van der Waals surface area contributed by atoms with Crippen LogP contribution in [0.15, 0.2) is 48.5 Å². The van der Waals surface area contributed by atoms with Crippen LogP contribution in [0.25, 0.3) is 0 Å². The number of carbonyl (C=O) groups is 2. The van der Waals surface area contributed by atoms with Crippen LogP contribution < -0.4 is 19.1 Å². The molecule has 10 heteroatoms. The number of carbonyl (C=O) groups excluding carboxylic acids is 2. The zero-order valence-electron chi connectivity index (χ0n) is 21.7. The Kier molecular flexibility index (Phi) is 11.0. The van der Waals surface area contributed by atoms with Gasteiger partial charge < -0.3 is 19.7 Å². The average Bonchev–Trinajstić information content (AvgIpc) is 2.86. The Morgan fingerprint density at radius 2 is 1.75 bits per heavy atom. The van der Waals surface area contributed by atoms with E-state index in [9.17, 15) is 18.0 Å². The van der Waals surface area contributed by atoms with Crippen molar-refractivity contribution in [1.82, 2.24) is 10.2 Å². The molecule has 9 nitrogen and oxygen atoms in total. The first-order valence-corrected chi connectivity index (χ1v) is 13.8. The van der Waals surface area contributed by atoms with Crippen LogP contribution in [0.3, 0.4) is 0 Å². The number of nitrogens with zero attached hydrogens (tertiary/aromatic N) is 2. The van der Waals surface area contributed by atoms with Crippen LogP contribution in [0.4, 0.5) is 5.69 Å². The van der Waals surface area contributed by atoms with Gasteiger partial charge in [0.25, 0.3) is 0 Å². The second kappa shape index (κ2) is 13.7. The van der Waals surface area contributed by atoms with Gasteiger partial charge in [-0.25, -0.2) is 8.42 Å². The molecule has 0 aliphatic carbocycles. The van der Waals surface area contributed by atoms with Crippen molar-refractivity contribution in [2.75, 3.05) is 37.9 Å². The van der Waals surface area contributed by atoms with E-state index in [1.54, 1.807) is 49.6 Å². The Balaban J connectivity index is 2.45. The molecule has 2 amide bonds. The third-order valence-electron chi connectivity index (χ3n) is 5.74. The predicted molar refractivity (Wildman–Crippen MR) is 141 cm³/mol. The van der Waals surface area contributed by atoms with E-state index in [1.807, 2.05) is 19.9 Å². The lowest BCUT2D eigenvalue weighted by molar-refractivity contribution is -0.140. The molecule has 1 N–H and O–H groups in total. The van der Waals surface area contributed by atoms with E-state index in [2.05, 4.69) is 5.32 Å². The van der Waals surface area contributed by atoms with Gasteiger partial charge in [0.1, 0.15) is 24.1 Å². The number of para-hydroxylation sites is 2. The fourth-order valence-corrected chi connectivity index (χ4v) is 4.68. The van der Waals surface area contributed by atoms with Crippen LogP contribution in [0.2, 0.25) is 0 Å². The summed E-state index contributed by atoms with van der Waals surface area (Å²) in [5, 5.41) is 2.90. The maximum absolute atomic E-state index is 13.7. The van der Waals surface area contributed by atoms with Crippen molar-refractivity contribution in [3.8, 4) is 11.5 Å². The highest BCUT2D eigenvalue weighted by atomic mass is 32.2. The van der Waals surface area contributed by atoms with Crippen molar-refractivity contribution in [2.24, 2.45) is 0 Å². The number of sulfonamides is 1. The van der Waals surface area contributed by atoms with Crippen LogP contribution in [-0.4, -0.2) is 64.7 Å². The Bertz CT molecular complexity index is 1120. The van der Waals surface area contributed by atoms with Gasteiger partial charge >= 0.3 is 0 Å². The molecule has 2 aromatic carbocycles. The molecule has 0 aromatic heterocycles. The van der Waals surface area contributed by atoms with Crippen LogP contribution >= 0.6 is 0 Å². The van der Waals surface area contributed by atoms with E-state index in [1.165, 1.54) is 12.0 Å². The number of rotatable bonds is 14. The SMILES string of the molecule is CCCCNC(=O)[C@H](CC)N(Cc1cccc(OC)c1)C(=O)CN(c1ccccc1OC)S(C)(=O)=O. The maximum atomic E-state index is 13.7. The standard InChI is InChI=1S/C26H37N3O6S/c1-6-8-16-27-26(31)22(7-2)28(18-20-12-11-13-21(17-20)34-3)25(30)19-29(36(5,32)33)23-14-9-10-15-24(23)35-4/h9-15,17,22H,6-8,16,18-19H2,1-5H3,(H,27,31)/t22-/m0/s1. The summed E-state index contributed by atoms with van der Waals surface area (Å²) >= 11 is 0. The van der Waals surface area contributed by atoms with E-state index in [4.69, 9.17) is 9.47 Å². The number of methoxy groups -OCH3 is 2. The van der Waals surface area contributed by atoms with Gasteiger partial charge in [0, 0.05) is 13.1 Å². The minimum atomic E-state index is -3.85. The molecule has 0 bridgehead atoms. The second-order valence-corrected chi connectivity index (χ2v) is 10.3. The van der Waals surface area contributed by atoms with Crippen LogP contribution in [-0.2, 0) is 26.2 Å². The Morgan fingerprint density at radius 1 is 1.03 bits per heavy atom. The van der Waals surface area contributed by atoms with Crippen molar-refractivity contribution in [3.05, 3.63) is 54.1 Å². The van der Waals surface area contributed by atoms with E-state index in [0.29, 0.717) is 24.5 Å². The molecule has 0 spiro atoms. The van der Waals surface area contributed by atoms with Crippen LogP contribution in [0.1, 0.15) is 38.7 Å². The lowest BCUT2D eigenvalue weighted by Gasteiger charge is -2.33. The summed E-state index contributed by atoms with van der Waals surface area (Å²) in [6.07, 6.45) is 3.14. The molecule has 36 heavy (non-hydrogen) atoms. The first kappa shape index (κ1) is 29.0. The lowest BCUT2D eigenvalue weighted by Crippen LogP contribution is -2.52. The van der Waals surface area contributed by atoms with Gasteiger partial charge in [0.2, 0.25) is 21.8 Å². The third kappa shape index (κ3) is 7.87. The third-order valence-corrected chi connectivity index (χ3v) is 6.86. The number of nitrogens with one attached hydrogen (secondary N) is 1. The summed E-state index contributed by atoms with van der Waals surface area (Å²) in [6, 6.07) is 13.0. The highest BCUT2D eigenvalue weighted by Crippen LogP contribution is 2.30. The summed E-state index contributed by atoms with van der Waals surface area (Å²) in [4.78, 5) is 28.2. The molecule has 0 unspecified atom stereocenters. The number of ether oxygens (including phenoxy) is 2. The van der Waals surface area contributed by atoms with Crippen molar-refractivity contribution in [1.29, 1.82) is 0 Å². The smallest absolute Gasteiger partial charge is 0.244 e. The fourth-order valence-electron chi connectivity index (χ4n) is 3.82. The molecule has 0 fully saturated rings. The molecule has 0 saturated heterocycles. The topological polar surface area (TPSA) is 105 Å². The van der Waals surface area contributed by atoms with Gasteiger partial charge in [-0.1, -0.05) is 44.5 Å². The van der Waals surface area contributed by atoms with E-state index < -0.39 is 28.5 Å². The van der Waals surface area contributed by atoms with Crippen LogP contribution in [0.5, 0.6) is 11.5 Å². The number of hydrogen-bond donors (Lipinski definition) is 1. The van der Waals surface area contributed by atoms with Crippen molar-refractivity contribution < 1.29 is 27.5 Å². The first-order chi connectivity index (χ1) is 17.2. The molecule has 0 radical (unpaired) electrons. The quantitative estimate of drug-likeness (QED) is 0.385. The molecule has 0 saturated carbocycles. The molecular weight excluding hydrogens is 482 g/mol. The highest BCUT2D eigenvalue weighted by molar-refractivity contribution is 7.92. The first-order valence-electron chi connectivity index (χ1n) is 12.0. The minimum absolute atomic E-state index is 0.110. The number of benzene rings is 2. The fraction of sp³-hybridized carbons (Fsp3) is 0.462. The van der Waals surface area contributed by atoms with Gasteiger partial charge in [-0.2, -0.15) is 0 Å². The highest BCUT2D eigenvalue weighted by Gasteiger charge is 2.32. The summed E-state index contributed by atoms with van der Waals surface area (Å²) in [7, 11) is -0.862. The number of amides is 2. The van der Waals surface area contributed by atoms with E-state index in [0.717, 1.165) is 29.0 Å². The van der Waals surface area contributed by atoms with E-state index >= 15 is 0 Å². The van der Waals surface area contributed by atoms with Gasteiger partial charge in [-0.3, -0.25) is 13.9 Å². The van der Waals surface area contributed by atoms with Gasteiger partial charge in [-0.05, 0) is 42.7 Å². The lowest BCUT2D eigenvalue weighted by atomic mass is 10.1. The molecule has 198 valence electrons. The summed E-state index contributed by atoms with van der Waals surface area (Å²) < 4.78 is 37.2. The summed E-state index contributed by atoms with van der Waals surface area (Å²) in [5.74, 6) is 0.156. The number of unbranched alkanes of at least 4 members (excludes halogenated alkanes) is 1. The number of anilines is 1. The van der Waals surface area contributed by atoms with Gasteiger partial charge in [0.15, 0.2) is 0 Å². The molecule has 2 aromatic rings. The molecular formula is C26H37N3O6S. The molecule has 0 heterocycles. The average molecular weight is 520 g/mol. The zero-order valence-corrected chi connectivity index (χ0v) is 22.5. The van der Waals surface area contributed by atoms with Crippen molar-refractivity contribution in [3.63, 3.8) is 0 Å². The maximum Gasteiger partial charge on any atom is 0.244 e. The van der Waals surface area contributed by atoms with Gasteiger partial charge in [-0.15, -0.1) is 0 Å². The minimum Gasteiger partial charge on any atom is -0.497 e. The second-order valence-electron chi connectivity index (χ2n) is 8.38. The summed E-state index contributed by atoms with van der Waals surface area (Å²) in [6.45, 7) is 3.98. The largest absolute Gasteiger partial charge is 0.497 e. The van der Waals surface area contributed by atoms with Gasteiger partial charge in [0.05, 0.1) is 26.2 Å². The summed E-state index contributed by atoms with van der Waals surface area (Å²) in [5.41, 5.74) is 1.00. The Labute approximate surface area is 214 Å². The molecule has 0 aliphatic rings. The predicted octanol–water partition coefficient (Wildman–Crippen LogP) is 3.19. The molecule has 2 rings (SSSR count). The normalized spacial score (nSPS) is 11.9. The Hall–Kier alpha value is -3.27. The van der Waals surface area contributed by atoms with Crippen molar-refractivity contribution >= 4 is 27.5 Å². The monoisotopic (exact) mass is 519 g/mol. The zero-order chi connectivity index (χ0) is 26.7. The Morgan fingerprint density at radius 3 is 2.36 bits per heavy atom. The molecule has 1 atom stereocenters. The van der Waals surface area contributed by atoms with Crippen molar-refractivity contribution in [2.45, 2.75) is 45.7 Å². The molecule has 0 aliphatic heterocycles. The van der Waals surface area contributed by atoms with E-state index in [-0.39, 0.29) is 18.1 Å².